The van der Waals surface area contributed by atoms with Gasteiger partial charge in [0.05, 0.1) is 19.1 Å². The summed E-state index contributed by atoms with van der Waals surface area (Å²) < 4.78 is 10.0. The minimum Gasteiger partial charge on any atom is -0.466 e. The molecule has 2 atom stereocenters. The van der Waals surface area contributed by atoms with Gasteiger partial charge in [-0.15, -0.1) is 0 Å². The molecule has 14 heavy (non-hydrogen) atoms. The maximum absolute atomic E-state index is 11.5. The fraction of sp³-hybridized carbons (Fsp3) is 0.900. The molecule has 82 valence electrons. The summed E-state index contributed by atoms with van der Waals surface area (Å²) in [7, 11) is 0. The summed E-state index contributed by atoms with van der Waals surface area (Å²) in [6.07, 6.45) is 1.10. The molecule has 1 fully saturated rings. The number of aliphatic hydroxyl groups is 1. The van der Waals surface area contributed by atoms with Crippen LogP contribution in [-0.4, -0.2) is 36.5 Å². The fourth-order valence-electron chi connectivity index (χ4n) is 1.85. The molecular formula is C10H18O4. The van der Waals surface area contributed by atoms with Crippen LogP contribution in [0.2, 0.25) is 0 Å². The van der Waals surface area contributed by atoms with Gasteiger partial charge in [-0.2, -0.15) is 0 Å². The second-order valence-electron chi connectivity index (χ2n) is 3.62. The van der Waals surface area contributed by atoms with Crippen molar-refractivity contribution in [1.82, 2.24) is 0 Å². The molecule has 0 radical (unpaired) electrons. The third-order valence-electron chi connectivity index (χ3n) is 2.66. The van der Waals surface area contributed by atoms with Crippen molar-refractivity contribution in [2.24, 2.45) is 5.92 Å². The topological polar surface area (TPSA) is 55.8 Å². The predicted molar refractivity (Wildman–Crippen MR) is 50.8 cm³/mol. The highest BCUT2D eigenvalue weighted by atomic mass is 16.5. The smallest absolute Gasteiger partial charge is 0.311 e. The number of hydrogen-bond acceptors (Lipinski definition) is 4. The highest BCUT2D eigenvalue weighted by Crippen LogP contribution is 2.30. The third-order valence-corrected chi connectivity index (χ3v) is 2.66. The Labute approximate surface area is 84.2 Å². The van der Waals surface area contributed by atoms with Gasteiger partial charge in [0.15, 0.2) is 0 Å². The lowest BCUT2D eigenvalue weighted by Crippen LogP contribution is -2.43. The largest absolute Gasteiger partial charge is 0.466 e. The quantitative estimate of drug-likeness (QED) is 0.683. The van der Waals surface area contributed by atoms with Gasteiger partial charge in [0.25, 0.3) is 0 Å². The average Bonchev–Trinajstić information content (AvgIpc) is 2.54. The molecule has 0 aromatic carbocycles. The number of ether oxygens (including phenoxy) is 2. The van der Waals surface area contributed by atoms with Gasteiger partial charge < -0.3 is 14.6 Å². The van der Waals surface area contributed by atoms with Crippen LogP contribution in [0.25, 0.3) is 0 Å². The van der Waals surface area contributed by atoms with Crippen molar-refractivity contribution in [3.05, 3.63) is 0 Å². The van der Waals surface area contributed by atoms with Gasteiger partial charge in [0.2, 0.25) is 0 Å². The van der Waals surface area contributed by atoms with Crippen molar-refractivity contribution < 1.29 is 19.4 Å². The molecule has 1 aliphatic heterocycles. The maximum atomic E-state index is 11.5. The number of hydrogen-bond donors (Lipinski definition) is 1. The minimum absolute atomic E-state index is 0.240. The average molecular weight is 202 g/mol. The Balaban J connectivity index is 2.64. The summed E-state index contributed by atoms with van der Waals surface area (Å²) in [6.45, 7) is 4.75. The van der Waals surface area contributed by atoms with E-state index < -0.39 is 11.5 Å². The van der Waals surface area contributed by atoms with Crippen LogP contribution in [-0.2, 0) is 14.3 Å². The van der Waals surface area contributed by atoms with Crippen LogP contribution in [0.4, 0.5) is 0 Å². The molecule has 0 spiro atoms. The molecule has 2 unspecified atom stereocenters. The number of carbonyl (C=O) groups excluding carboxylic acids is 1. The van der Waals surface area contributed by atoms with Crippen LogP contribution < -0.4 is 0 Å². The van der Waals surface area contributed by atoms with Gasteiger partial charge in [0, 0.05) is 13.0 Å². The lowest BCUT2D eigenvalue weighted by atomic mass is 9.85. The van der Waals surface area contributed by atoms with Crippen LogP contribution in [0.15, 0.2) is 0 Å². The van der Waals surface area contributed by atoms with Gasteiger partial charge >= 0.3 is 5.97 Å². The highest BCUT2D eigenvalue weighted by Gasteiger charge is 2.44. The molecule has 0 aromatic heterocycles. The Bertz CT molecular complexity index is 196. The van der Waals surface area contributed by atoms with Gasteiger partial charge in [-0.1, -0.05) is 6.92 Å². The molecule has 1 aliphatic rings. The van der Waals surface area contributed by atoms with E-state index in [2.05, 4.69) is 0 Å². The molecule has 4 nitrogen and oxygen atoms in total. The van der Waals surface area contributed by atoms with E-state index in [0.717, 1.165) is 0 Å². The molecule has 0 amide bonds. The Morgan fingerprint density at radius 1 is 1.64 bits per heavy atom. The molecule has 1 saturated heterocycles. The Morgan fingerprint density at radius 3 is 2.79 bits per heavy atom. The molecule has 1 heterocycles. The molecule has 0 aliphatic carbocycles. The molecule has 0 bridgehead atoms. The maximum Gasteiger partial charge on any atom is 0.311 e. The van der Waals surface area contributed by atoms with Crippen LogP contribution >= 0.6 is 0 Å². The van der Waals surface area contributed by atoms with E-state index >= 15 is 0 Å². The minimum atomic E-state index is -1.01. The van der Waals surface area contributed by atoms with Crippen molar-refractivity contribution in [3.63, 3.8) is 0 Å². The van der Waals surface area contributed by atoms with Crippen LogP contribution in [0.3, 0.4) is 0 Å². The molecule has 1 rings (SSSR count). The van der Waals surface area contributed by atoms with Gasteiger partial charge in [0.1, 0.15) is 5.60 Å². The van der Waals surface area contributed by atoms with E-state index in [4.69, 9.17) is 9.47 Å². The summed E-state index contributed by atoms with van der Waals surface area (Å²) in [6, 6.07) is 0. The monoisotopic (exact) mass is 202 g/mol. The molecule has 1 N–H and O–H groups in total. The van der Waals surface area contributed by atoms with Crippen molar-refractivity contribution in [2.75, 3.05) is 19.8 Å². The van der Waals surface area contributed by atoms with Gasteiger partial charge in [-0.3, -0.25) is 4.79 Å². The first kappa shape index (κ1) is 11.5. The third kappa shape index (κ3) is 2.25. The van der Waals surface area contributed by atoms with Crippen LogP contribution in [0.1, 0.15) is 26.7 Å². The number of carbonyl (C=O) groups is 1. The first-order valence-corrected chi connectivity index (χ1v) is 5.10. The zero-order valence-electron chi connectivity index (χ0n) is 8.78. The van der Waals surface area contributed by atoms with Crippen molar-refractivity contribution in [3.8, 4) is 0 Å². The lowest BCUT2D eigenvalue weighted by Gasteiger charge is -2.28. The van der Waals surface area contributed by atoms with E-state index in [9.17, 15) is 9.90 Å². The Morgan fingerprint density at radius 2 is 2.36 bits per heavy atom. The summed E-state index contributed by atoms with van der Waals surface area (Å²) in [5.74, 6) is -0.770. The Kier molecular flexibility index (Phi) is 3.89. The number of esters is 1. The summed E-state index contributed by atoms with van der Waals surface area (Å²) in [5.41, 5.74) is -1.01. The lowest BCUT2D eigenvalue weighted by molar-refractivity contribution is -0.158. The number of rotatable bonds is 4. The van der Waals surface area contributed by atoms with Crippen LogP contribution in [0.5, 0.6) is 0 Å². The van der Waals surface area contributed by atoms with Crippen molar-refractivity contribution >= 4 is 5.97 Å². The first-order valence-electron chi connectivity index (χ1n) is 5.10. The summed E-state index contributed by atoms with van der Waals surface area (Å²) in [4.78, 5) is 11.5. The fourth-order valence-corrected chi connectivity index (χ4v) is 1.85. The SMILES string of the molecule is CCOC(=O)C(CC)C1(O)CCOC1. The second kappa shape index (κ2) is 4.75. The molecular weight excluding hydrogens is 184 g/mol. The normalized spacial score (nSPS) is 28.8. The van der Waals surface area contributed by atoms with E-state index in [1.54, 1.807) is 6.92 Å². The predicted octanol–water partition coefficient (Wildman–Crippen LogP) is 0.727. The van der Waals surface area contributed by atoms with E-state index in [1.165, 1.54) is 0 Å². The molecule has 0 saturated carbocycles. The molecule has 0 aromatic rings. The van der Waals surface area contributed by atoms with E-state index in [1.807, 2.05) is 6.92 Å². The van der Waals surface area contributed by atoms with E-state index in [-0.39, 0.29) is 12.6 Å². The molecule has 4 heteroatoms. The van der Waals surface area contributed by atoms with Crippen molar-refractivity contribution in [1.29, 1.82) is 0 Å². The van der Waals surface area contributed by atoms with Gasteiger partial charge in [-0.05, 0) is 13.3 Å². The van der Waals surface area contributed by atoms with E-state index in [0.29, 0.717) is 26.1 Å². The standard InChI is InChI=1S/C10H18O4/c1-3-8(9(11)14-4-2)10(12)5-6-13-7-10/h8,12H,3-7H2,1-2H3. The van der Waals surface area contributed by atoms with Crippen LogP contribution in [0, 0.1) is 5.92 Å². The highest BCUT2D eigenvalue weighted by molar-refractivity contribution is 5.73. The Hall–Kier alpha value is -0.610. The first-order chi connectivity index (χ1) is 6.64. The van der Waals surface area contributed by atoms with Gasteiger partial charge in [-0.25, -0.2) is 0 Å². The summed E-state index contributed by atoms with van der Waals surface area (Å²) >= 11 is 0. The van der Waals surface area contributed by atoms with Crippen molar-refractivity contribution in [2.45, 2.75) is 32.3 Å². The second-order valence-corrected chi connectivity index (χ2v) is 3.62. The zero-order chi connectivity index (χ0) is 10.6. The summed E-state index contributed by atoms with van der Waals surface area (Å²) in [5, 5.41) is 10.1. The zero-order valence-corrected chi connectivity index (χ0v) is 8.78.